The summed E-state index contributed by atoms with van der Waals surface area (Å²) >= 11 is 7.88. The van der Waals surface area contributed by atoms with Crippen molar-refractivity contribution in [3.8, 4) is 5.69 Å². The molecule has 0 spiro atoms. The maximum Gasteiger partial charge on any atom is 0.283 e. The highest BCUT2D eigenvalue weighted by Gasteiger charge is 2.18. The van der Waals surface area contributed by atoms with E-state index >= 15 is 0 Å². The molecule has 0 amide bonds. The summed E-state index contributed by atoms with van der Waals surface area (Å²) < 4.78 is 1.71. The number of para-hydroxylation sites is 1. The number of nitrogens with one attached hydrogen (secondary N) is 1. The standard InChI is InChI=1S/C25H20ClN3OS/c1-15-11-16(2)13-18(12-15)29-24(30)23-22(19-8-4-6-10-21(19)27-23)28-25(29)31-14-17-7-3-5-9-20(17)26/h3-13,27H,14H2,1-2H3. The topological polar surface area (TPSA) is 50.7 Å². The largest absolute Gasteiger partial charge is 0.349 e. The molecule has 0 atom stereocenters. The average molecular weight is 446 g/mol. The lowest BCUT2D eigenvalue weighted by atomic mass is 10.1. The molecule has 3 aromatic carbocycles. The molecule has 5 rings (SSSR count). The second-order valence-corrected chi connectivity index (χ2v) is 9.00. The Morgan fingerprint density at radius 3 is 2.48 bits per heavy atom. The van der Waals surface area contributed by atoms with Gasteiger partial charge in [-0.25, -0.2) is 4.98 Å². The number of H-pyrrole nitrogens is 1. The lowest BCUT2D eigenvalue weighted by Gasteiger charge is -2.14. The normalized spacial score (nSPS) is 11.5. The van der Waals surface area contributed by atoms with E-state index < -0.39 is 0 Å². The zero-order valence-corrected chi connectivity index (χ0v) is 18.7. The summed E-state index contributed by atoms with van der Waals surface area (Å²) in [5.41, 5.74) is 6.04. The smallest absolute Gasteiger partial charge is 0.283 e. The SMILES string of the molecule is Cc1cc(C)cc(-n2c(SCc3ccccc3Cl)nc3c([nH]c4ccccc43)c2=O)c1. The van der Waals surface area contributed by atoms with Crippen LogP contribution in [0.1, 0.15) is 16.7 Å². The molecular formula is C25H20ClN3OS. The first-order valence-corrected chi connectivity index (χ1v) is 11.4. The molecule has 5 aromatic rings. The highest BCUT2D eigenvalue weighted by atomic mass is 35.5. The molecule has 1 N–H and O–H groups in total. The Labute approximate surface area is 188 Å². The fourth-order valence-electron chi connectivity index (χ4n) is 3.90. The van der Waals surface area contributed by atoms with Gasteiger partial charge in [-0.05, 0) is 54.8 Å². The van der Waals surface area contributed by atoms with Gasteiger partial charge in [-0.15, -0.1) is 0 Å². The molecule has 0 radical (unpaired) electrons. The lowest BCUT2D eigenvalue weighted by molar-refractivity contribution is 0.817. The van der Waals surface area contributed by atoms with E-state index in [-0.39, 0.29) is 5.56 Å². The molecule has 0 aliphatic carbocycles. The molecule has 0 bridgehead atoms. The molecule has 0 fully saturated rings. The minimum absolute atomic E-state index is 0.104. The Morgan fingerprint density at radius 2 is 1.71 bits per heavy atom. The number of rotatable bonds is 4. The van der Waals surface area contributed by atoms with Crippen LogP contribution in [0.4, 0.5) is 0 Å². The minimum Gasteiger partial charge on any atom is -0.349 e. The Kier molecular flexibility index (Phi) is 5.08. The van der Waals surface area contributed by atoms with Gasteiger partial charge in [-0.3, -0.25) is 9.36 Å². The number of hydrogen-bond donors (Lipinski definition) is 1. The Balaban J connectivity index is 1.75. The van der Waals surface area contributed by atoms with Crippen molar-refractivity contribution in [1.82, 2.24) is 14.5 Å². The van der Waals surface area contributed by atoms with E-state index in [4.69, 9.17) is 16.6 Å². The first-order valence-electron chi connectivity index (χ1n) is 9.99. The van der Waals surface area contributed by atoms with Crippen LogP contribution in [0.15, 0.2) is 76.7 Å². The van der Waals surface area contributed by atoms with Gasteiger partial charge in [0.2, 0.25) is 0 Å². The molecule has 0 saturated heterocycles. The zero-order valence-electron chi connectivity index (χ0n) is 17.1. The second kappa shape index (κ2) is 7.91. The number of aromatic amines is 1. The van der Waals surface area contributed by atoms with Gasteiger partial charge in [0.05, 0.1) is 5.69 Å². The van der Waals surface area contributed by atoms with Crippen molar-refractivity contribution < 1.29 is 0 Å². The first-order chi connectivity index (χ1) is 15.0. The van der Waals surface area contributed by atoms with Gasteiger partial charge in [-0.1, -0.05) is 65.8 Å². The van der Waals surface area contributed by atoms with Crippen LogP contribution in [0.3, 0.4) is 0 Å². The second-order valence-electron chi connectivity index (χ2n) is 7.66. The molecule has 2 aromatic heterocycles. The first kappa shape index (κ1) is 19.9. The number of nitrogens with zero attached hydrogens (tertiary/aromatic N) is 2. The van der Waals surface area contributed by atoms with Crippen molar-refractivity contribution in [2.75, 3.05) is 0 Å². The fourth-order valence-corrected chi connectivity index (χ4v) is 5.20. The molecule has 6 heteroatoms. The number of benzene rings is 3. The number of thioether (sulfide) groups is 1. The third-order valence-electron chi connectivity index (χ3n) is 5.27. The number of aryl methyl sites for hydroxylation is 2. The van der Waals surface area contributed by atoms with Crippen LogP contribution < -0.4 is 5.56 Å². The predicted molar refractivity (Wildman–Crippen MR) is 130 cm³/mol. The number of halogens is 1. The summed E-state index contributed by atoms with van der Waals surface area (Å²) in [4.78, 5) is 21.9. The number of fused-ring (bicyclic) bond motifs is 3. The molecule has 4 nitrogen and oxygen atoms in total. The fraction of sp³-hybridized carbons (Fsp3) is 0.120. The molecule has 0 saturated carbocycles. The van der Waals surface area contributed by atoms with Gasteiger partial charge < -0.3 is 4.98 Å². The van der Waals surface area contributed by atoms with Crippen LogP contribution in [0.25, 0.3) is 27.6 Å². The summed E-state index contributed by atoms with van der Waals surface area (Å²) in [6.45, 7) is 4.07. The van der Waals surface area contributed by atoms with Crippen molar-refractivity contribution in [2.24, 2.45) is 0 Å². The van der Waals surface area contributed by atoms with Gasteiger partial charge in [0.25, 0.3) is 5.56 Å². The number of hydrogen-bond acceptors (Lipinski definition) is 3. The maximum atomic E-state index is 13.7. The van der Waals surface area contributed by atoms with E-state index in [0.29, 0.717) is 27.0 Å². The van der Waals surface area contributed by atoms with Crippen molar-refractivity contribution >= 4 is 45.3 Å². The molecule has 2 heterocycles. The highest BCUT2D eigenvalue weighted by molar-refractivity contribution is 7.98. The summed E-state index contributed by atoms with van der Waals surface area (Å²) in [7, 11) is 0. The van der Waals surface area contributed by atoms with Gasteiger partial charge >= 0.3 is 0 Å². The van der Waals surface area contributed by atoms with Crippen LogP contribution in [0.5, 0.6) is 0 Å². The van der Waals surface area contributed by atoms with E-state index in [1.54, 1.807) is 4.57 Å². The van der Waals surface area contributed by atoms with E-state index in [1.165, 1.54) is 11.8 Å². The van der Waals surface area contributed by atoms with Crippen LogP contribution in [-0.2, 0) is 5.75 Å². The molecular weight excluding hydrogens is 426 g/mol. The molecule has 0 aliphatic rings. The Hall–Kier alpha value is -3.02. The van der Waals surface area contributed by atoms with Crippen LogP contribution >= 0.6 is 23.4 Å². The molecule has 154 valence electrons. The van der Waals surface area contributed by atoms with Crippen LogP contribution in [0, 0.1) is 13.8 Å². The summed E-state index contributed by atoms with van der Waals surface area (Å²) in [6.07, 6.45) is 0. The van der Waals surface area contributed by atoms with Crippen molar-refractivity contribution in [3.05, 3.63) is 98.8 Å². The summed E-state index contributed by atoms with van der Waals surface area (Å²) in [6, 6.07) is 21.8. The summed E-state index contributed by atoms with van der Waals surface area (Å²) in [5.74, 6) is 0.616. The highest BCUT2D eigenvalue weighted by Crippen LogP contribution is 2.30. The van der Waals surface area contributed by atoms with Crippen molar-refractivity contribution in [1.29, 1.82) is 0 Å². The summed E-state index contributed by atoms with van der Waals surface area (Å²) in [5, 5.41) is 2.30. The lowest BCUT2D eigenvalue weighted by Crippen LogP contribution is -2.22. The molecule has 31 heavy (non-hydrogen) atoms. The maximum absolute atomic E-state index is 13.7. The Morgan fingerprint density at radius 1 is 1.00 bits per heavy atom. The quantitative estimate of drug-likeness (QED) is 0.256. The number of aromatic nitrogens is 3. The average Bonchev–Trinajstić information content (AvgIpc) is 3.12. The molecule has 0 unspecified atom stereocenters. The van der Waals surface area contributed by atoms with E-state index in [1.807, 2.05) is 74.5 Å². The molecule has 0 aliphatic heterocycles. The monoisotopic (exact) mass is 445 g/mol. The third kappa shape index (κ3) is 3.64. The van der Waals surface area contributed by atoms with E-state index in [0.717, 1.165) is 33.3 Å². The van der Waals surface area contributed by atoms with Gasteiger partial charge in [0.1, 0.15) is 11.0 Å². The predicted octanol–water partition coefficient (Wildman–Crippen LogP) is 6.43. The van der Waals surface area contributed by atoms with E-state index in [2.05, 4.69) is 11.1 Å². The Bertz CT molecular complexity index is 1480. The van der Waals surface area contributed by atoms with Gasteiger partial charge in [-0.2, -0.15) is 0 Å². The zero-order chi connectivity index (χ0) is 21.5. The van der Waals surface area contributed by atoms with Crippen molar-refractivity contribution in [2.45, 2.75) is 24.8 Å². The van der Waals surface area contributed by atoms with Gasteiger partial charge in [0, 0.05) is 21.7 Å². The van der Waals surface area contributed by atoms with Gasteiger partial charge in [0.15, 0.2) is 5.16 Å². The van der Waals surface area contributed by atoms with Crippen LogP contribution in [-0.4, -0.2) is 14.5 Å². The van der Waals surface area contributed by atoms with Crippen molar-refractivity contribution in [3.63, 3.8) is 0 Å². The van der Waals surface area contributed by atoms with Crippen LogP contribution in [0.2, 0.25) is 5.02 Å². The third-order valence-corrected chi connectivity index (χ3v) is 6.63. The minimum atomic E-state index is -0.104. The van der Waals surface area contributed by atoms with E-state index in [9.17, 15) is 4.79 Å².